The molecule has 0 aromatic carbocycles. The zero-order valence-electron chi connectivity index (χ0n) is 12.6. The molecular formula is C15H22N4O2. The number of nitrogens with one attached hydrogen (secondary N) is 2. The number of carbonyl (C=O) groups excluding carboxylic acids is 2. The first-order chi connectivity index (χ1) is 10.2. The molecule has 1 heterocycles. The summed E-state index contributed by atoms with van der Waals surface area (Å²) in [6.45, 7) is 4.39. The van der Waals surface area contributed by atoms with E-state index in [0.29, 0.717) is 0 Å². The van der Waals surface area contributed by atoms with Crippen LogP contribution in [0.2, 0.25) is 0 Å². The SMILES string of the molecule is CCCC(CCC)=NNC(=O)C(=O)NCc1ccncc1. The molecule has 0 aliphatic heterocycles. The van der Waals surface area contributed by atoms with Crippen molar-refractivity contribution in [2.24, 2.45) is 5.10 Å². The molecule has 0 aliphatic rings. The normalized spacial score (nSPS) is 9.81. The van der Waals surface area contributed by atoms with Crippen molar-refractivity contribution in [1.82, 2.24) is 15.7 Å². The molecule has 0 spiro atoms. The Morgan fingerprint density at radius 3 is 2.29 bits per heavy atom. The third-order valence-corrected chi connectivity index (χ3v) is 2.80. The summed E-state index contributed by atoms with van der Waals surface area (Å²) in [6, 6.07) is 3.55. The molecule has 6 nitrogen and oxygen atoms in total. The zero-order valence-corrected chi connectivity index (χ0v) is 12.6. The van der Waals surface area contributed by atoms with E-state index < -0.39 is 11.8 Å². The number of rotatable bonds is 7. The molecule has 0 radical (unpaired) electrons. The number of hydrazone groups is 1. The molecule has 0 aliphatic carbocycles. The predicted octanol–water partition coefficient (Wildman–Crippen LogP) is 1.77. The maximum absolute atomic E-state index is 11.6. The van der Waals surface area contributed by atoms with Crippen LogP contribution in [0.5, 0.6) is 0 Å². The quantitative estimate of drug-likeness (QED) is 0.456. The first kappa shape index (κ1) is 16.8. The zero-order chi connectivity index (χ0) is 15.5. The van der Waals surface area contributed by atoms with E-state index in [1.807, 2.05) is 0 Å². The minimum absolute atomic E-state index is 0.287. The summed E-state index contributed by atoms with van der Waals surface area (Å²) in [5.41, 5.74) is 4.11. The van der Waals surface area contributed by atoms with Gasteiger partial charge in [0.1, 0.15) is 0 Å². The Balaban J connectivity index is 2.43. The van der Waals surface area contributed by atoms with Crippen LogP contribution in [0.4, 0.5) is 0 Å². The van der Waals surface area contributed by atoms with Gasteiger partial charge >= 0.3 is 11.8 Å². The van der Waals surface area contributed by atoms with Gasteiger partial charge in [0.05, 0.1) is 0 Å². The summed E-state index contributed by atoms with van der Waals surface area (Å²) in [6.07, 6.45) is 6.84. The standard InChI is InChI=1S/C15H22N4O2/c1-3-5-13(6-4-2)18-19-15(21)14(20)17-11-12-7-9-16-10-8-12/h7-10H,3-6,11H2,1-2H3,(H,17,20)(H,19,21). The minimum Gasteiger partial charge on any atom is -0.344 e. The molecule has 114 valence electrons. The first-order valence-electron chi connectivity index (χ1n) is 7.19. The van der Waals surface area contributed by atoms with E-state index in [1.54, 1.807) is 24.5 Å². The second kappa shape index (κ2) is 9.63. The second-order valence-electron chi connectivity index (χ2n) is 4.66. The molecule has 0 fully saturated rings. The van der Waals surface area contributed by atoms with Gasteiger partial charge in [0.15, 0.2) is 0 Å². The fourth-order valence-corrected chi connectivity index (χ4v) is 1.76. The monoisotopic (exact) mass is 290 g/mol. The summed E-state index contributed by atoms with van der Waals surface area (Å²) in [5, 5.41) is 6.56. The van der Waals surface area contributed by atoms with Crippen molar-refractivity contribution in [1.29, 1.82) is 0 Å². The Kier molecular flexibility index (Phi) is 7.71. The molecule has 1 aromatic rings. The Bertz CT molecular complexity index is 478. The van der Waals surface area contributed by atoms with Crippen LogP contribution in [-0.4, -0.2) is 22.5 Å². The molecule has 1 rings (SSSR count). The lowest BCUT2D eigenvalue weighted by molar-refractivity contribution is -0.139. The molecule has 2 N–H and O–H groups in total. The average molecular weight is 290 g/mol. The van der Waals surface area contributed by atoms with Gasteiger partial charge in [0.2, 0.25) is 0 Å². The van der Waals surface area contributed by atoms with Gasteiger partial charge in [0.25, 0.3) is 0 Å². The van der Waals surface area contributed by atoms with Gasteiger partial charge in [-0.15, -0.1) is 0 Å². The van der Waals surface area contributed by atoms with Gasteiger partial charge in [-0.25, -0.2) is 5.43 Å². The van der Waals surface area contributed by atoms with Crippen molar-refractivity contribution < 1.29 is 9.59 Å². The van der Waals surface area contributed by atoms with Crippen molar-refractivity contribution in [2.45, 2.75) is 46.1 Å². The van der Waals surface area contributed by atoms with Crippen molar-refractivity contribution in [3.63, 3.8) is 0 Å². The van der Waals surface area contributed by atoms with Crippen LogP contribution in [0.15, 0.2) is 29.6 Å². The number of hydrogen-bond donors (Lipinski definition) is 2. The van der Waals surface area contributed by atoms with Gasteiger partial charge in [0, 0.05) is 24.7 Å². The highest BCUT2D eigenvalue weighted by Crippen LogP contribution is 1.99. The van der Waals surface area contributed by atoms with E-state index in [2.05, 4.69) is 34.7 Å². The molecular weight excluding hydrogens is 268 g/mol. The lowest BCUT2D eigenvalue weighted by Crippen LogP contribution is -2.37. The maximum Gasteiger partial charge on any atom is 0.329 e. The summed E-state index contributed by atoms with van der Waals surface area (Å²) in [4.78, 5) is 27.2. The van der Waals surface area contributed by atoms with Crippen molar-refractivity contribution in [3.8, 4) is 0 Å². The smallest absolute Gasteiger partial charge is 0.329 e. The van der Waals surface area contributed by atoms with Crippen LogP contribution in [0.1, 0.15) is 45.1 Å². The third kappa shape index (κ3) is 6.65. The highest BCUT2D eigenvalue weighted by atomic mass is 16.2. The number of hydrogen-bond acceptors (Lipinski definition) is 4. The molecule has 1 aromatic heterocycles. The van der Waals surface area contributed by atoms with Gasteiger partial charge in [-0.05, 0) is 30.5 Å². The van der Waals surface area contributed by atoms with E-state index in [1.165, 1.54) is 0 Å². The van der Waals surface area contributed by atoms with E-state index in [0.717, 1.165) is 37.0 Å². The predicted molar refractivity (Wildman–Crippen MR) is 81.5 cm³/mol. The van der Waals surface area contributed by atoms with Gasteiger partial charge in [-0.1, -0.05) is 26.7 Å². The van der Waals surface area contributed by atoms with Crippen molar-refractivity contribution in [3.05, 3.63) is 30.1 Å². The highest BCUT2D eigenvalue weighted by Gasteiger charge is 2.12. The van der Waals surface area contributed by atoms with E-state index >= 15 is 0 Å². The third-order valence-electron chi connectivity index (χ3n) is 2.80. The Labute approximate surface area is 125 Å². The molecule has 6 heteroatoms. The van der Waals surface area contributed by atoms with Crippen LogP contribution in [0.25, 0.3) is 0 Å². The molecule has 0 unspecified atom stereocenters. The van der Waals surface area contributed by atoms with E-state index in [-0.39, 0.29) is 6.54 Å². The van der Waals surface area contributed by atoms with Crippen LogP contribution in [-0.2, 0) is 16.1 Å². The lowest BCUT2D eigenvalue weighted by atomic mass is 10.1. The number of carbonyl (C=O) groups is 2. The Morgan fingerprint density at radius 2 is 1.71 bits per heavy atom. The number of nitrogens with zero attached hydrogens (tertiary/aromatic N) is 2. The molecule has 21 heavy (non-hydrogen) atoms. The molecule has 0 saturated carbocycles. The Hall–Kier alpha value is -2.24. The summed E-state index contributed by atoms with van der Waals surface area (Å²) in [5.74, 6) is -1.43. The topological polar surface area (TPSA) is 83.5 Å². The average Bonchev–Trinajstić information content (AvgIpc) is 2.51. The van der Waals surface area contributed by atoms with Gasteiger partial charge in [-0.2, -0.15) is 5.10 Å². The van der Waals surface area contributed by atoms with Crippen LogP contribution in [0.3, 0.4) is 0 Å². The van der Waals surface area contributed by atoms with Crippen molar-refractivity contribution >= 4 is 17.5 Å². The molecule has 0 bridgehead atoms. The second-order valence-corrected chi connectivity index (χ2v) is 4.66. The summed E-state index contributed by atoms with van der Waals surface area (Å²) < 4.78 is 0. The lowest BCUT2D eigenvalue weighted by Gasteiger charge is -2.06. The maximum atomic E-state index is 11.6. The number of aromatic nitrogens is 1. The first-order valence-corrected chi connectivity index (χ1v) is 7.19. The fraction of sp³-hybridized carbons (Fsp3) is 0.467. The number of amides is 2. The van der Waals surface area contributed by atoms with E-state index in [4.69, 9.17) is 0 Å². The van der Waals surface area contributed by atoms with Gasteiger partial charge < -0.3 is 5.32 Å². The summed E-state index contributed by atoms with van der Waals surface area (Å²) >= 11 is 0. The van der Waals surface area contributed by atoms with Gasteiger partial charge in [-0.3, -0.25) is 14.6 Å². The number of pyridine rings is 1. The largest absolute Gasteiger partial charge is 0.344 e. The molecule has 0 saturated heterocycles. The van der Waals surface area contributed by atoms with Crippen LogP contribution >= 0.6 is 0 Å². The Morgan fingerprint density at radius 1 is 1.10 bits per heavy atom. The van der Waals surface area contributed by atoms with Crippen molar-refractivity contribution in [2.75, 3.05) is 0 Å². The highest BCUT2D eigenvalue weighted by molar-refractivity contribution is 6.35. The fourth-order valence-electron chi connectivity index (χ4n) is 1.76. The van der Waals surface area contributed by atoms with Crippen LogP contribution < -0.4 is 10.7 Å². The summed E-state index contributed by atoms with van der Waals surface area (Å²) in [7, 11) is 0. The van der Waals surface area contributed by atoms with Crippen LogP contribution in [0, 0.1) is 0 Å². The molecule has 0 atom stereocenters. The van der Waals surface area contributed by atoms with E-state index in [9.17, 15) is 9.59 Å². The molecule has 2 amide bonds. The minimum atomic E-state index is -0.742.